The Bertz CT molecular complexity index is 573. The van der Waals surface area contributed by atoms with Crippen molar-refractivity contribution in [3.05, 3.63) is 51.4 Å². The number of thioether (sulfide) groups is 1. The van der Waals surface area contributed by atoms with Crippen LogP contribution >= 0.6 is 23.4 Å². The van der Waals surface area contributed by atoms with Crippen LogP contribution in [-0.2, 0) is 6.54 Å². The van der Waals surface area contributed by atoms with Crippen molar-refractivity contribution in [3.63, 3.8) is 0 Å². The lowest BCUT2D eigenvalue weighted by Gasteiger charge is -2.11. The molecule has 0 radical (unpaired) electrons. The third-order valence-electron chi connectivity index (χ3n) is 2.51. The third kappa shape index (κ3) is 3.43. The number of hydrogen-bond donors (Lipinski definition) is 1. The van der Waals surface area contributed by atoms with E-state index in [1.54, 1.807) is 22.5 Å². The molecule has 0 fully saturated rings. The zero-order chi connectivity index (χ0) is 13.1. The van der Waals surface area contributed by atoms with Gasteiger partial charge in [-0.2, -0.15) is 0 Å². The third-order valence-corrected chi connectivity index (χ3v) is 3.86. The van der Waals surface area contributed by atoms with Gasteiger partial charge in [-0.05, 0) is 31.2 Å². The summed E-state index contributed by atoms with van der Waals surface area (Å²) in [5.41, 5.74) is 0.916. The van der Waals surface area contributed by atoms with Crippen LogP contribution in [0.2, 0.25) is 5.02 Å². The summed E-state index contributed by atoms with van der Waals surface area (Å²) in [6.45, 7) is 4.65. The standard InChI is InChI=1S/C13H15ClN2OS/c1-9-7-13(17)16(15-9)8-10(2)18-12-5-3-11(14)4-6-12/h3-7,10,15H,8H2,1-2H3. The highest BCUT2D eigenvalue weighted by Gasteiger charge is 2.08. The Morgan fingerprint density at radius 2 is 2.06 bits per heavy atom. The van der Waals surface area contributed by atoms with Crippen molar-refractivity contribution in [1.82, 2.24) is 9.78 Å². The first kappa shape index (κ1) is 13.3. The van der Waals surface area contributed by atoms with Gasteiger partial charge in [0.15, 0.2) is 0 Å². The molecule has 0 aliphatic rings. The largest absolute Gasteiger partial charge is 0.300 e. The van der Waals surface area contributed by atoms with Crippen LogP contribution in [-0.4, -0.2) is 15.0 Å². The fraction of sp³-hybridized carbons (Fsp3) is 0.308. The highest BCUT2D eigenvalue weighted by Crippen LogP contribution is 2.25. The quantitative estimate of drug-likeness (QED) is 0.874. The van der Waals surface area contributed by atoms with Crippen LogP contribution in [0, 0.1) is 6.92 Å². The summed E-state index contributed by atoms with van der Waals surface area (Å²) in [4.78, 5) is 12.7. The summed E-state index contributed by atoms with van der Waals surface area (Å²) < 4.78 is 1.64. The van der Waals surface area contributed by atoms with Crippen molar-refractivity contribution in [2.75, 3.05) is 0 Å². The molecule has 3 nitrogen and oxygen atoms in total. The van der Waals surface area contributed by atoms with Crippen molar-refractivity contribution in [3.8, 4) is 0 Å². The van der Waals surface area contributed by atoms with E-state index in [4.69, 9.17) is 11.6 Å². The smallest absolute Gasteiger partial charge is 0.266 e. The topological polar surface area (TPSA) is 37.8 Å². The molecular weight excluding hydrogens is 268 g/mol. The molecule has 96 valence electrons. The van der Waals surface area contributed by atoms with Gasteiger partial charge in [0.1, 0.15) is 0 Å². The van der Waals surface area contributed by atoms with Gasteiger partial charge in [-0.1, -0.05) is 18.5 Å². The Balaban J connectivity index is 2.00. The van der Waals surface area contributed by atoms with E-state index < -0.39 is 0 Å². The first-order valence-electron chi connectivity index (χ1n) is 5.73. The first-order chi connectivity index (χ1) is 8.54. The van der Waals surface area contributed by atoms with Crippen molar-refractivity contribution < 1.29 is 0 Å². The van der Waals surface area contributed by atoms with Crippen molar-refractivity contribution in [2.45, 2.75) is 30.5 Å². The van der Waals surface area contributed by atoms with E-state index in [0.29, 0.717) is 11.8 Å². The van der Waals surface area contributed by atoms with Crippen LogP contribution in [0.15, 0.2) is 40.0 Å². The van der Waals surface area contributed by atoms with Crippen molar-refractivity contribution in [2.24, 2.45) is 0 Å². The maximum atomic E-state index is 11.6. The van der Waals surface area contributed by atoms with E-state index in [0.717, 1.165) is 15.6 Å². The van der Waals surface area contributed by atoms with Crippen LogP contribution in [0.25, 0.3) is 0 Å². The summed E-state index contributed by atoms with van der Waals surface area (Å²) in [7, 11) is 0. The zero-order valence-corrected chi connectivity index (χ0v) is 11.9. The number of aromatic amines is 1. The molecule has 0 saturated carbocycles. The molecular formula is C13H15ClN2OS. The summed E-state index contributed by atoms with van der Waals surface area (Å²) in [6.07, 6.45) is 0. The summed E-state index contributed by atoms with van der Waals surface area (Å²) in [5, 5.41) is 4.09. The van der Waals surface area contributed by atoms with E-state index in [2.05, 4.69) is 12.0 Å². The van der Waals surface area contributed by atoms with Crippen LogP contribution in [0.1, 0.15) is 12.6 Å². The maximum Gasteiger partial charge on any atom is 0.266 e. The summed E-state index contributed by atoms with van der Waals surface area (Å²) >= 11 is 7.57. The van der Waals surface area contributed by atoms with Gasteiger partial charge in [0, 0.05) is 26.9 Å². The van der Waals surface area contributed by atoms with Gasteiger partial charge in [-0.25, -0.2) is 0 Å². The lowest BCUT2D eigenvalue weighted by molar-refractivity contribution is 0.590. The van der Waals surface area contributed by atoms with Crippen LogP contribution in [0.3, 0.4) is 0 Å². The van der Waals surface area contributed by atoms with Crippen LogP contribution in [0.5, 0.6) is 0 Å². The molecule has 0 saturated heterocycles. The molecule has 1 aromatic carbocycles. The number of benzene rings is 1. The average molecular weight is 283 g/mol. The number of rotatable bonds is 4. The highest BCUT2D eigenvalue weighted by molar-refractivity contribution is 7.99. The van der Waals surface area contributed by atoms with Gasteiger partial charge in [-0.15, -0.1) is 11.8 Å². The fourth-order valence-electron chi connectivity index (χ4n) is 1.74. The zero-order valence-electron chi connectivity index (χ0n) is 10.3. The lowest BCUT2D eigenvalue weighted by Crippen LogP contribution is -2.21. The average Bonchev–Trinajstić information content (AvgIpc) is 2.61. The van der Waals surface area contributed by atoms with Gasteiger partial charge < -0.3 is 0 Å². The first-order valence-corrected chi connectivity index (χ1v) is 6.99. The fourth-order valence-corrected chi connectivity index (χ4v) is 2.85. The van der Waals surface area contributed by atoms with Gasteiger partial charge >= 0.3 is 0 Å². The van der Waals surface area contributed by atoms with Gasteiger partial charge in [0.2, 0.25) is 0 Å². The Morgan fingerprint density at radius 1 is 1.39 bits per heavy atom. The summed E-state index contributed by atoms with van der Waals surface area (Å²) in [6, 6.07) is 9.35. The normalized spacial score (nSPS) is 12.6. The molecule has 1 N–H and O–H groups in total. The predicted octanol–water partition coefficient (Wildman–Crippen LogP) is 3.32. The Labute approximate surface area is 115 Å². The van der Waals surface area contributed by atoms with Crippen LogP contribution in [0.4, 0.5) is 0 Å². The number of hydrogen-bond acceptors (Lipinski definition) is 2. The second-order valence-electron chi connectivity index (χ2n) is 4.27. The number of H-pyrrole nitrogens is 1. The van der Waals surface area contributed by atoms with E-state index in [9.17, 15) is 4.79 Å². The van der Waals surface area contributed by atoms with Crippen molar-refractivity contribution >= 4 is 23.4 Å². The SMILES string of the molecule is Cc1cc(=O)n(CC(C)Sc2ccc(Cl)cc2)[nH]1. The van der Waals surface area contributed by atoms with E-state index in [1.165, 1.54) is 0 Å². The van der Waals surface area contributed by atoms with E-state index in [1.807, 2.05) is 31.2 Å². The van der Waals surface area contributed by atoms with Gasteiger partial charge in [0.25, 0.3) is 5.56 Å². The number of aromatic nitrogens is 2. The Morgan fingerprint density at radius 3 is 2.61 bits per heavy atom. The second kappa shape index (κ2) is 5.67. The summed E-state index contributed by atoms with van der Waals surface area (Å²) in [5.74, 6) is 0. The molecule has 1 aromatic heterocycles. The molecule has 1 atom stereocenters. The number of nitrogens with zero attached hydrogens (tertiary/aromatic N) is 1. The van der Waals surface area contributed by atoms with Gasteiger partial charge in [0.05, 0.1) is 6.54 Å². The molecule has 0 aliphatic heterocycles. The number of aryl methyl sites for hydroxylation is 1. The molecule has 0 aliphatic carbocycles. The van der Waals surface area contributed by atoms with Crippen molar-refractivity contribution in [1.29, 1.82) is 0 Å². The monoisotopic (exact) mass is 282 g/mol. The molecule has 5 heteroatoms. The number of nitrogens with one attached hydrogen (secondary N) is 1. The molecule has 2 rings (SSSR count). The molecule has 2 aromatic rings. The minimum Gasteiger partial charge on any atom is -0.300 e. The highest BCUT2D eigenvalue weighted by atomic mass is 35.5. The molecule has 18 heavy (non-hydrogen) atoms. The van der Waals surface area contributed by atoms with Gasteiger partial charge in [-0.3, -0.25) is 14.6 Å². The molecule has 0 spiro atoms. The minimum absolute atomic E-state index is 0.0241. The Hall–Kier alpha value is -1.13. The second-order valence-corrected chi connectivity index (χ2v) is 6.22. The Kier molecular flexibility index (Phi) is 4.19. The lowest BCUT2D eigenvalue weighted by atomic mass is 10.4. The molecule has 0 bridgehead atoms. The molecule has 1 heterocycles. The maximum absolute atomic E-state index is 11.6. The predicted molar refractivity (Wildman–Crippen MR) is 76.6 cm³/mol. The molecule has 0 amide bonds. The van der Waals surface area contributed by atoms with E-state index in [-0.39, 0.29) is 5.56 Å². The minimum atomic E-state index is 0.0241. The molecule has 1 unspecified atom stereocenters. The van der Waals surface area contributed by atoms with E-state index >= 15 is 0 Å². The number of halogens is 1. The van der Waals surface area contributed by atoms with Crippen LogP contribution < -0.4 is 5.56 Å².